The first kappa shape index (κ1) is 57.1. The van der Waals surface area contributed by atoms with Gasteiger partial charge in [-0.2, -0.15) is 0 Å². The Morgan fingerprint density at radius 3 is 1.31 bits per heavy atom. The number of ether oxygens (including phenoxy) is 1. The van der Waals surface area contributed by atoms with Crippen molar-refractivity contribution in [1.82, 2.24) is 5.32 Å². The molecule has 3 N–H and O–H groups in total. The van der Waals surface area contributed by atoms with Crippen molar-refractivity contribution in [3.05, 3.63) is 36.5 Å². The SMILES string of the molecule is CCCCCCC/C=C/C=C/C=C/CCCCCC(CC(=O)NC(CO)C(O)CCCCCCCCCCCCCCCC)OC(=O)CCCCCCCCCCCC. The molecule has 0 saturated heterocycles. The number of unbranched alkanes of at least 4 members (excludes halogenated alkanes) is 30. The van der Waals surface area contributed by atoms with Crippen molar-refractivity contribution in [2.75, 3.05) is 6.61 Å². The molecule has 1 amide bonds. The number of aliphatic hydroxyl groups excluding tert-OH is 2. The van der Waals surface area contributed by atoms with Crippen LogP contribution < -0.4 is 5.32 Å². The third kappa shape index (κ3) is 42.6. The van der Waals surface area contributed by atoms with E-state index in [1.807, 2.05) is 0 Å². The number of esters is 1. The van der Waals surface area contributed by atoms with Crippen LogP contribution in [0.25, 0.3) is 0 Å². The number of allylic oxidation sites excluding steroid dienone is 6. The topological polar surface area (TPSA) is 95.9 Å². The summed E-state index contributed by atoms with van der Waals surface area (Å²) in [6.45, 7) is 6.46. The van der Waals surface area contributed by atoms with Crippen molar-refractivity contribution in [3.63, 3.8) is 0 Å². The molecule has 6 nitrogen and oxygen atoms in total. The molecule has 346 valence electrons. The summed E-state index contributed by atoms with van der Waals surface area (Å²) < 4.78 is 5.91. The Bertz CT molecular complexity index is 977. The minimum Gasteiger partial charge on any atom is -0.462 e. The molecule has 0 fully saturated rings. The highest BCUT2D eigenvalue weighted by atomic mass is 16.5. The van der Waals surface area contributed by atoms with E-state index in [-0.39, 0.29) is 24.9 Å². The number of carbonyl (C=O) groups is 2. The number of aliphatic hydroxyl groups is 2. The summed E-state index contributed by atoms with van der Waals surface area (Å²) in [5.41, 5.74) is 0. The van der Waals surface area contributed by atoms with Gasteiger partial charge in [0.2, 0.25) is 5.91 Å². The summed E-state index contributed by atoms with van der Waals surface area (Å²) in [6.07, 6.45) is 54.9. The fourth-order valence-corrected chi connectivity index (χ4v) is 7.84. The quantitative estimate of drug-likeness (QED) is 0.0323. The third-order valence-corrected chi connectivity index (χ3v) is 11.8. The van der Waals surface area contributed by atoms with Crippen molar-refractivity contribution in [2.24, 2.45) is 0 Å². The maximum atomic E-state index is 13.2. The minimum absolute atomic E-state index is 0.0583. The van der Waals surface area contributed by atoms with E-state index in [0.29, 0.717) is 19.3 Å². The molecule has 0 heterocycles. The summed E-state index contributed by atoms with van der Waals surface area (Å²) >= 11 is 0. The molecule has 0 bridgehead atoms. The molecule has 0 aliphatic carbocycles. The van der Waals surface area contributed by atoms with Crippen LogP contribution in [0.1, 0.15) is 265 Å². The number of amides is 1. The molecule has 6 heteroatoms. The first-order valence-electron chi connectivity index (χ1n) is 25.7. The van der Waals surface area contributed by atoms with Crippen LogP contribution in [0.15, 0.2) is 36.5 Å². The highest BCUT2D eigenvalue weighted by Crippen LogP contribution is 2.18. The predicted molar refractivity (Wildman–Crippen MR) is 255 cm³/mol. The van der Waals surface area contributed by atoms with Gasteiger partial charge in [-0.05, 0) is 51.4 Å². The Morgan fingerprint density at radius 2 is 0.864 bits per heavy atom. The van der Waals surface area contributed by atoms with Crippen LogP contribution in [0, 0.1) is 0 Å². The first-order valence-corrected chi connectivity index (χ1v) is 25.7. The lowest BCUT2D eigenvalue weighted by molar-refractivity contribution is -0.151. The van der Waals surface area contributed by atoms with Crippen LogP contribution in [0.4, 0.5) is 0 Å². The molecule has 0 aromatic heterocycles. The standard InChI is InChI=1S/C53H99NO5/c1-4-7-10-13-16-19-22-24-26-27-28-30-32-35-38-41-44-49(59-53(58)46-43-40-37-34-21-18-15-12-9-6-3)47-52(57)54-50(48-55)51(56)45-42-39-36-33-31-29-25-23-20-17-14-11-8-5-2/h22,24,26-28,30,49-51,55-56H,4-21,23,25,29,31-48H2,1-3H3,(H,54,57)/b24-22+,27-26+,30-28+. The number of hydrogen-bond donors (Lipinski definition) is 3. The lowest BCUT2D eigenvalue weighted by atomic mass is 10.0. The smallest absolute Gasteiger partial charge is 0.306 e. The Hall–Kier alpha value is -1.92. The average molecular weight is 830 g/mol. The van der Waals surface area contributed by atoms with Crippen molar-refractivity contribution < 1.29 is 24.5 Å². The van der Waals surface area contributed by atoms with Gasteiger partial charge in [-0.3, -0.25) is 9.59 Å². The van der Waals surface area contributed by atoms with Crippen molar-refractivity contribution >= 4 is 11.9 Å². The second-order valence-corrected chi connectivity index (χ2v) is 17.6. The van der Waals surface area contributed by atoms with Gasteiger partial charge in [0, 0.05) is 6.42 Å². The third-order valence-electron chi connectivity index (χ3n) is 11.8. The normalized spacial score (nSPS) is 13.5. The van der Waals surface area contributed by atoms with Gasteiger partial charge < -0.3 is 20.3 Å². The first-order chi connectivity index (χ1) is 29.0. The van der Waals surface area contributed by atoms with Gasteiger partial charge >= 0.3 is 5.97 Å². The molecule has 0 radical (unpaired) electrons. The van der Waals surface area contributed by atoms with Gasteiger partial charge in [0.15, 0.2) is 0 Å². The number of nitrogens with one attached hydrogen (secondary N) is 1. The van der Waals surface area contributed by atoms with Crippen LogP contribution in [-0.2, 0) is 14.3 Å². The van der Waals surface area contributed by atoms with Gasteiger partial charge in [0.25, 0.3) is 0 Å². The van der Waals surface area contributed by atoms with E-state index in [1.165, 1.54) is 148 Å². The van der Waals surface area contributed by atoms with Crippen LogP contribution in [0.3, 0.4) is 0 Å². The molecule has 0 aromatic carbocycles. The molecule has 0 spiro atoms. The van der Waals surface area contributed by atoms with E-state index in [2.05, 4.69) is 62.5 Å². The fourth-order valence-electron chi connectivity index (χ4n) is 7.84. The second kappa shape index (κ2) is 47.1. The Labute approximate surface area is 366 Å². The second-order valence-electron chi connectivity index (χ2n) is 17.6. The Kier molecular flexibility index (Phi) is 45.6. The van der Waals surface area contributed by atoms with Gasteiger partial charge in [-0.15, -0.1) is 0 Å². The molecule has 0 aliphatic heterocycles. The molecule has 0 aromatic rings. The maximum absolute atomic E-state index is 13.2. The zero-order valence-electron chi connectivity index (χ0n) is 39.4. The van der Waals surface area contributed by atoms with Gasteiger partial charge in [-0.1, -0.05) is 237 Å². The van der Waals surface area contributed by atoms with Gasteiger partial charge in [0.1, 0.15) is 6.10 Å². The molecule has 0 saturated carbocycles. The average Bonchev–Trinajstić information content (AvgIpc) is 3.23. The summed E-state index contributed by atoms with van der Waals surface area (Å²) in [4.78, 5) is 26.1. The van der Waals surface area contributed by atoms with Crippen LogP contribution in [0.5, 0.6) is 0 Å². The van der Waals surface area contributed by atoms with E-state index in [0.717, 1.165) is 70.6 Å². The minimum atomic E-state index is -0.794. The largest absolute Gasteiger partial charge is 0.462 e. The lowest BCUT2D eigenvalue weighted by Crippen LogP contribution is -2.46. The monoisotopic (exact) mass is 830 g/mol. The number of rotatable bonds is 46. The fraction of sp³-hybridized carbons (Fsp3) is 0.849. The summed E-state index contributed by atoms with van der Waals surface area (Å²) in [5.74, 6) is -0.500. The van der Waals surface area contributed by atoms with E-state index in [1.54, 1.807) is 0 Å². The van der Waals surface area contributed by atoms with E-state index >= 15 is 0 Å². The molecule has 3 unspecified atom stereocenters. The summed E-state index contributed by atoms with van der Waals surface area (Å²) in [7, 11) is 0. The maximum Gasteiger partial charge on any atom is 0.306 e. The summed E-state index contributed by atoms with van der Waals surface area (Å²) in [5, 5.41) is 23.8. The molecule has 3 atom stereocenters. The van der Waals surface area contributed by atoms with Crippen molar-refractivity contribution in [2.45, 2.75) is 283 Å². The Morgan fingerprint density at radius 1 is 0.492 bits per heavy atom. The van der Waals surface area contributed by atoms with Crippen LogP contribution >= 0.6 is 0 Å². The molecular weight excluding hydrogens is 731 g/mol. The number of carbonyl (C=O) groups excluding carboxylic acids is 2. The van der Waals surface area contributed by atoms with Crippen LogP contribution in [-0.4, -0.2) is 46.9 Å². The highest BCUT2D eigenvalue weighted by molar-refractivity contribution is 5.77. The van der Waals surface area contributed by atoms with E-state index < -0.39 is 18.2 Å². The van der Waals surface area contributed by atoms with Gasteiger partial charge in [0.05, 0.1) is 25.2 Å². The van der Waals surface area contributed by atoms with Crippen molar-refractivity contribution in [1.29, 1.82) is 0 Å². The zero-order chi connectivity index (χ0) is 43.1. The van der Waals surface area contributed by atoms with E-state index in [9.17, 15) is 19.8 Å². The predicted octanol–water partition coefficient (Wildman–Crippen LogP) is 15.3. The molecular formula is C53H99NO5. The zero-order valence-corrected chi connectivity index (χ0v) is 39.4. The summed E-state index contributed by atoms with van der Waals surface area (Å²) in [6, 6.07) is -0.709. The Balaban J connectivity index is 4.61. The van der Waals surface area contributed by atoms with Crippen molar-refractivity contribution in [3.8, 4) is 0 Å². The molecule has 0 aliphatic rings. The molecule has 0 rings (SSSR count). The van der Waals surface area contributed by atoms with Gasteiger partial charge in [-0.25, -0.2) is 0 Å². The molecule has 59 heavy (non-hydrogen) atoms. The number of hydrogen-bond acceptors (Lipinski definition) is 5. The van der Waals surface area contributed by atoms with E-state index in [4.69, 9.17) is 4.74 Å². The highest BCUT2D eigenvalue weighted by Gasteiger charge is 2.24. The van der Waals surface area contributed by atoms with Crippen LogP contribution in [0.2, 0.25) is 0 Å². The lowest BCUT2D eigenvalue weighted by Gasteiger charge is -2.24.